The summed E-state index contributed by atoms with van der Waals surface area (Å²) in [6, 6.07) is 25.3. The Labute approximate surface area is 134 Å². The van der Waals surface area contributed by atoms with E-state index in [1.54, 1.807) is 6.07 Å². The van der Waals surface area contributed by atoms with Crippen molar-refractivity contribution in [2.24, 2.45) is 0 Å². The van der Waals surface area contributed by atoms with E-state index in [2.05, 4.69) is 0 Å². The van der Waals surface area contributed by atoms with Crippen LogP contribution < -0.4 is 15.3 Å². The highest BCUT2D eigenvalue weighted by Crippen LogP contribution is 2.31. The summed E-state index contributed by atoms with van der Waals surface area (Å²) < 4.78 is 0. The fourth-order valence-electron chi connectivity index (χ4n) is 2.60. The molecule has 2 N–H and O–H groups in total. The van der Waals surface area contributed by atoms with E-state index in [4.69, 9.17) is 0 Å². The van der Waals surface area contributed by atoms with Crippen molar-refractivity contribution in [2.75, 3.05) is 4.90 Å². The van der Waals surface area contributed by atoms with Crippen LogP contribution in [0.15, 0.2) is 78.9 Å². The van der Waals surface area contributed by atoms with Gasteiger partial charge in [0, 0.05) is 21.8 Å². The van der Waals surface area contributed by atoms with Gasteiger partial charge in [-0.25, -0.2) is 0 Å². The second kappa shape index (κ2) is 6.71. The van der Waals surface area contributed by atoms with Crippen LogP contribution in [0.3, 0.4) is 0 Å². The van der Waals surface area contributed by atoms with Gasteiger partial charge in [-0.1, -0.05) is 48.5 Å². The topological polar surface area (TPSA) is 43.7 Å². The smallest absolute Gasteiger partial charge is 0.0892 e. The van der Waals surface area contributed by atoms with Crippen molar-refractivity contribution < 1.29 is 10.2 Å². The SMILES string of the molecule is OC=c1cccc(N(c2ccccc2)c2ccccc2)c1=CO. The third-order valence-corrected chi connectivity index (χ3v) is 3.65. The van der Waals surface area contributed by atoms with Crippen LogP contribution in [0.5, 0.6) is 0 Å². The lowest BCUT2D eigenvalue weighted by Crippen LogP contribution is -2.30. The predicted molar refractivity (Wildman–Crippen MR) is 94.6 cm³/mol. The minimum absolute atomic E-state index is 0.557. The van der Waals surface area contributed by atoms with Crippen molar-refractivity contribution in [1.82, 2.24) is 0 Å². The molecule has 0 heterocycles. The number of anilines is 3. The van der Waals surface area contributed by atoms with Crippen molar-refractivity contribution in [3.8, 4) is 0 Å². The van der Waals surface area contributed by atoms with Gasteiger partial charge in [-0.2, -0.15) is 0 Å². The van der Waals surface area contributed by atoms with Gasteiger partial charge in [-0.05, 0) is 30.3 Å². The summed E-state index contributed by atoms with van der Waals surface area (Å²) in [6.07, 6.45) is 2.02. The average molecular weight is 303 g/mol. The second-order valence-electron chi connectivity index (χ2n) is 5.04. The normalized spacial score (nSPS) is 12.3. The first-order valence-electron chi connectivity index (χ1n) is 7.33. The fourth-order valence-corrected chi connectivity index (χ4v) is 2.60. The molecular formula is C20H17NO2. The van der Waals surface area contributed by atoms with Crippen molar-refractivity contribution in [3.63, 3.8) is 0 Å². The van der Waals surface area contributed by atoms with E-state index in [1.807, 2.05) is 77.7 Å². The monoisotopic (exact) mass is 303 g/mol. The zero-order valence-corrected chi connectivity index (χ0v) is 12.5. The minimum Gasteiger partial charge on any atom is -0.515 e. The Morgan fingerprint density at radius 2 is 1.17 bits per heavy atom. The molecular weight excluding hydrogens is 286 g/mol. The van der Waals surface area contributed by atoms with Crippen LogP contribution in [0, 0.1) is 0 Å². The molecule has 0 bridgehead atoms. The number of para-hydroxylation sites is 2. The number of hydrogen-bond acceptors (Lipinski definition) is 3. The standard InChI is InChI=1S/C20H17NO2/c22-14-16-8-7-13-20(19(16)15-23)21(17-9-3-1-4-10-17)18-11-5-2-6-12-18/h1-15,22-23H. The van der Waals surface area contributed by atoms with Gasteiger partial charge >= 0.3 is 0 Å². The fraction of sp³-hybridized carbons (Fsp3) is 0. The molecule has 0 aliphatic heterocycles. The summed E-state index contributed by atoms with van der Waals surface area (Å²) in [7, 11) is 0. The van der Waals surface area contributed by atoms with Gasteiger partial charge in [0.1, 0.15) is 0 Å². The van der Waals surface area contributed by atoms with Gasteiger partial charge in [0.25, 0.3) is 0 Å². The van der Waals surface area contributed by atoms with Gasteiger partial charge < -0.3 is 15.1 Å². The molecule has 0 aromatic heterocycles. The number of benzene rings is 3. The first-order chi connectivity index (χ1) is 11.3. The maximum absolute atomic E-state index is 9.69. The molecule has 0 amide bonds. The molecule has 0 saturated heterocycles. The number of rotatable bonds is 3. The van der Waals surface area contributed by atoms with Crippen LogP contribution in [0.4, 0.5) is 17.1 Å². The highest BCUT2D eigenvalue weighted by atomic mass is 16.2. The molecule has 23 heavy (non-hydrogen) atoms. The summed E-state index contributed by atoms with van der Waals surface area (Å²) in [5, 5.41) is 20.2. The Hall–Kier alpha value is -3.20. The zero-order chi connectivity index (χ0) is 16.1. The van der Waals surface area contributed by atoms with Gasteiger partial charge in [-0.3, -0.25) is 0 Å². The Morgan fingerprint density at radius 3 is 1.65 bits per heavy atom. The molecule has 0 radical (unpaired) electrons. The lowest BCUT2D eigenvalue weighted by Gasteiger charge is -2.25. The van der Waals surface area contributed by atoms with E-state index in [9.17, 15) is 10.2 Å². The van der Waals surface area contributed by atoms with E-state index < -0.39 is 0 Å². The van der Waals surface area contributed by atoms with Gasteiger partial charge in [0.2, 0.25) is 0 Å². The summed E-state index contributed by atoms with van der Waals surface area (Å²) in [4.78, 5) is 2.04. The van der Waals surface area contributed by atoms with E-state index in [0.717, 1.165) is 29.6 Å². The van der Waals surface area contributed by atoms with Crippen molar-refractivity contribution >= 4 is 29.6 Å². The molecule has 3 nitrogen and oxygen atoms in total. The Bertz CT molecular complexity index is 850. The van der Waals surface area contributed by atoms with Gasteiger partial charge in [0.05, 0.1) is 18.2 Å². The summed E-state index contributed by atoms with van der Waals surface area (Å²) in [5.74, 6) is 0. The summed E-state index contributed by atoms with van der Waals surface area (Å²) >= 11 is 0. The van der Waals surface area contributed by atoms with Crippen LogP contribution in [0.1, 0.15) is 0 Å². The Balaban J connectivity index is 2.31. The summed E-state index contributed by atoms with van der Waals surface area (Å²) in [6.45, 7) is 0. The molecule has 114 valence electrons. The van der Waals surface area contributed by atoms with Crippen molar-refractivity contribution in [1.29, 1.82) is 0 Å². The Morgan fingerprint density at radius 1 is 0.609 bits per heavy atom. The predicted octanol–water partition coefficient (Wildman–Crippen LogP) is 3.75. The van der Waals surface area contributed by atoms with E-state index in [1.165, 1.54) is 0 Å². The highest BCUT2D eigenvalue weighted by Gasteiger charge is 2.13. The molecule has 3 aromatic rings. The second-order valence-corrected chi connectivity index (χ2v) is 5.04. The molecule has 0 aliphatic carbocycles. The maximum Gasteiger partial charge on any atom is 0.0892 e. The molecule has 0 spiro atoms. The molecule has 0 aliphatic rings. The van der Waals surface area contributed by atoms with Gasteiger partial charge in [0.15, 0.2) is 0 Å². The first-order valence-corrected chi connectivity index (χ1v) is 7.33. The van der Waals surface area contributed by atoms with E-state index in [-0.39, 0.29) is 0 Å². The number of aliphatic hydroxyl groups excluding tert-OH is 2. The molecule has 0 atom stereocenters. The number of hydrogen-bond donors (Lipinski definition) is 2. The molecule has 0 unspecified atom stereocenters. The average Bonchev–Trinajstić information content (AvgIpc) is 2.63. The van der Waals surface area contributed by atoms with Crippen LogP contribution in [0.25, 0.3) is 12.5 Å². The third-order valence-electron chi connectivity index (χ3n) is 3.65. The number of nitrogens with zero attached hydrogens (tertiary/aromatic N) is 1. The van der Waals surface area contributed by atoms with Gasteiger partial charge in [-0.15, -0.1) is 0 Å². The largest absolute Gasteiger partial charge is 0.515 e. The van der Waals surface area contributed by atoms with Crippen LogP contribution in [-0.4, -0.2) is 10.2 Å². The van der Waals surface area contributed by atoms with E-state index in [0.29, 0.717) is 10.4 Å². The lowest BCUT2D eigenvalue weighted by molar-refractivity contribution is 0.533. The minimum atomic E-state index is 0.557. The van der Waals surface area contributed by atoms with Crippen LogP contribution in [-0.2, 0) is 0 Å². The quantitative estimate of drug-likeness (QED) is 0.774. The van der Waals surface area contributed by atoms with Crippen molar-refractivity contribution in [3.05, 3.63) is 89.3 Å². The first kappa shape index (κ1) is 14.7. The molecule has 0 saturated carbocycles. The van der Waals surface area contributed by atoms with Crippen LogP contribution >= 0.6 is 0 Å². The molecule has 3 rings (SSSR count). The van der Waals surface area contributed by atoms with Crippen molar-refractivity contribution in [2.45, 2.75) is 0 Å². The molecule has 3 heteroatoms. The third kappa shape index (κ3) is 2.90. The highest BCUT2D eigenvalue weighted by molar-refractivity contribution is 5.76. The lowest BCUT2D eigenvalue weighted by atomic mass is 10.1. The van der Waals surface area contributed by atoms with E-state index >= 15 is 0 Å². The molecule has 3 aromatic carbocycles. The van der Waals surface area contributed by atoms with Crippen LogP contribution in [0.2, 0.25) is 0 Å². The number of aliphatic hydroxyl groups is 2. The summed E-state index contributed by atoms with van der Waals surface area (Å²) in [5.41, 5.74) is 2.72. The molecule has 0 fully saturated rings. The zero-order valence-electron chi connectivity index (χ0n) is 12.5. The Kier molecular flexibility index (Phi) is 4.29. The maximum atomic E-state index is 9.69.